The molecular formula is C71H90ClN13O14S2. The number of nitrogens with one attached hydrogen (secondary N) is 6. The van der Waals surface area contributed by atoms with Gasteiger partial charge in [-0.15, -0.1) is 11.6 Å². The number of carbonyl (C=O) groups excluding carboxylic acids is 7. The summed E-state index contributed by atoms with van der Waals surface area (Å²) < 4.78 is 49.7. The number of unbranched alkanes of at least 4 members (excludes halogenated alkanes) is 2. The molecule has 0 saturated heterocycles. The van der Waals surface area contributed by atoms with E-state index in [2.05, 4.69) is 50.7 Å². The van der Waals surface area contributed by atoms with Gasteiger partial charge in [0.15, 0.2) is 10.8 Å². The van der Waals surface area contributed by atoms with Crippen molar-refractivity contribution < 1.29 is 65.9 Å². The molecule has 4 heterocycles. The fraction of sp³-hybridized carbons (Fsp3) is 0.507. The largest absolute Gasteiger partial charge is 0.476 e. The number of para-hydroxylation sites is 1. The second-order valence-corrected chi connectivity index (χ2v) is 31.4. The van der Waals surface area contributed by atoms with E-state index in [4.69, 9.17) is 36.9 Å². The number of pyridine rings is 1. The average molecular weight is 1450 g/mol. The molecule has 4 bridgehead atoms. The third-order valence-corrected chi connectivity index (χ3v) is 21.5. The van der Waals surface area contributed by atoms with Crippen LogP contribution in [-0.4, -0.2) is 159 Å². The van der Waals surface area contributed by atoms with Crippen LogP contribution in [0, 0.1) is 29.1 Å². The van der Waals surface area contributed by atoms with Crippen molar-refractivity contribution in [2.24, 2.45) is 27.9 Å². The Morgan fingerprint density at radius 2 is 1.54 bits per heavy atom. The van der Waals surface area contributed by atoms with Crippen LogP contribution in [0.25, 0.3) is 21.3 Å². The minimum atomic E-state index is -4.51. The van der Waals surface area contributed by atoms with Crippen LogP contribution in [-0.2, 0) is 64.9 Å². The van der Waals surface area contributed by atoms with Gasteiger partial charge < -0.3 is 56.7 Å². The molecule has 3 aromatic carbocycles. The molecule has 4 aliphatic carbocycles. The Bertz CT molecular complexity index is 4140. The number of aromatic carboxylic acids is 1. The number of nitrogens with zero attached hydrogens (tertiary/aromatic N) is 6. The van der Waals surface area contributed by atoms with Crippen LogP contribution < -0.4 is 42.5 Å². The smallest absolute Gasteiger partial charge is 0.410 e. The number of alkyl halides is 1. The van der Waals surface area contributed by atoms with Crippen molar-refractivity contribution in [2.45, 2.75) is 155 Å². The van der Waals surface area contributed by atoms with Gasteiger partial charge in [-0.25, -0.2) is 24.4 Å². The number of nitrogens with two attached hydrogens (primary N) is 1. The molecule has 5 aliphatic rings. The number of halogens is 1. The van der Waals surface area contributed by atoms with Crippen molar-refractivity contribution in [3.8, 4) is 11.1 Å². The molecule has 1 aliphatic heterocycles. The highest BCUT2D eigenvalue weighted by Crippen LogP contribution is 2.72. The van der Waals surface area contributed by atoms with Crippen LogP contribution in [0.5, 0.6) is 0 Å². The highest BCUT2D eigenvalue weighted by molar-refractivity contribution is 7.85. The molecular weight excluding hydrogens is 1360 g/mol. The van der Waals surface area contributed by atoms with E-state index < -0.39 is 63.5 Å². The summed E-state index contributed by atoms with van der Waals surface area (Å²) in [7, 11) is -4.51. The van der Waals surface area contributed by atoms with Gasteiger partial charge in [0.2, 0.25) is 23.6 Å². The molecule has 4 atom stereocenters. The van der Waals surface area contributed by atoms with Crippen molar-refractivity contribution in [1.29, 1.82) is 0 Å². The van der Waals surface area contributed by atoms with Crippen LogP contribution in [0.2, 0.25) is 0 Å². The zero-order valence-corrected chi connectivity index (χ0v) is 59.9. The fourth-order valence-electron chi connectivity index (χ4n) is 16.2. The molecule has 0 radical (unpaired) electrons. The summed E-state index contributed by atoms with van der Waals surface area (Å²) in [5.41, 5.74) is 9.86. The Labute approximate surface area is 595 Å². The first kappa shape index (κ1) is 74.9. The number of anilines is 3. The number of hydrogen-bond donors (Lipinski definition) is 9. The maximum atomic E-state index is 13.9. The lowest BCUT2D eigenvalue weighted by Crippen LogP contribution is -2.64. The van der Waals surface area contributed by atoms with Gasteiger partial charge in [-0.3, -0.25) is 38.5 Å². The van der Waals surface area contributed by atoms with Crippen molar-refractivity contribution in [3.63, 3.8) is 0 Å². The Kier molecular flexibility index (Phi) is 23.8. The van der Waals surface area contributed by atoms with Gasteiger partial charge >= 0.3 is 18.1 Å². The SMILES string of the molecule is Cc1c(-c2ccc(N3CCc4cccc(C(=O)Nc5nc6ccccc6s5)c4C3)nc2C(=O)O)cnn1CC12CC3(C)CC(C)(C1)CC(OCCN(CCS(=O)(=O)O)C(=O)OCc1ccc(NC(=O)[C@H](CCCNC(N)=O)NC(=O)[C@@H](NC(=O)CCCCCNC(=O)CCl)C(C)C)cc1)(C3)C2. The third kappa shape index (κ3) is 19.3. The van der Waals surface area contributed by atoms with Gasteiger partial charge in [0.25, 0.3) is 16.0 Å². The van der Waals surface area contributed by atoms with E-state index in [1.165, 1.54) is 16.2 Å². The van der Waals surface area contributed by atoms with E-state index in [0.717, 1.165) is 59.1 Å². The monoisotopic (exact) mass is 1450 g/mol. The molecule has 3 aromatic heterocycles. The van der Waals surface area contributed by atoms with Gasteiger partial charge in [0.05, 0.1) is 34.4 Å². The minimum Gasteiger partial charge on any atom is -0.476 e. The van der Waals surface area contributed by atoms with Crippen LogP contribution in [0.4, 0.5) is 26.2 Å². The topological polar surface area (TPSA) is 378 Å². The van der Waals surface area contributed by atoms with E-state index >= 15 is 0 Å². The Morgan fingerprint density at radius 3 is 2.25 bits per heavy atom. The number of amides is 8. The van der Waals surface area contributed by atoms with E-state index in [1.54, 1.807) is 56.4 Å². The van der Waals surface area contributed by atoms with Gasteiger partial charge in [-0.1, -0.05) is 81.9 Å². The molecule has 2 unspecified atom stereocenters. The number of fused-ring (bicyclic) bond motifs is 2. The molecule has 8 amide bonds. The number of carboxylic acids is 1. The second kappa shape index (κ2) is 32.1. The van der Waals surface area contributed by atoms with Gasteiger partial charge in [-0.2, -0.15) is 13.5 Å². The highest BCUT2D eigenvalue weighted by Gasteiger charge is 2.66. The molecule has 30 heteroatoms. The van der Waals surface area contributed by atoms with Crippen molar-refractivity contribution in [2.75, 3.05) is 66.5 Å². The normalized spacial score (nSPS) is 20.3. The van der Waals surface area contributed by atoms with E-state index in [9.17, 15) is 56.4 Å². The zero-order valence-electron chi connectivity index (χ0n) is 57.5. The van der Waals surface area contributed by atoms with E-state index in [-0.39, 0.29) is 104 Å². The number of benzene rings is 3. The van der Waals surface area contributed by atoms with E-state index in [0.29, 0.717) is 97.2 Å². The summed E-state index contributed by atoms with van der Waals surface area (Å²) >= 11 is 6.92. The summed E-state index contributed by atoms with van der Waals surface area (Å²) in [6.45, 7) is 11.3. The highest BCUT2D eigenvalue weighted by atomic mass is 35.5. The maximum absolute atomic E-state index is 13.9. The summed E-state index contributed by atoms with van der Waals surface area (Å²) in [5, 5.41) is 32.6. The minimum absolute atomic E-state index is 0.0324. The lowest BCUT2D eigenvalue weighted by Gasteiger charge is -2.69. The molecule has 4 fully saturated rings. The number of carbonyl (C=O) groups is 8. The summed E-state index contributed by atoms with van der Waals surface area (Å²) in [6.07, 6.45) is 8.75. The molecule has 542 valence electrons. The lowest BCUT2D eigenvalue weighted by atomic mass is 9.39. The predicted octanol–water partition coefficient (Wildman–Crippen LogP) is 8.97. The molecule has 101 heavy (non-hydrogen) atoms. The zero-order chi connectivity index (χ0) is 72.4. The molecule has 10 N–H and O–H groups in total. The number of thiazole rings is 1. The Hall–Kier alpha value is -8.77. The second-order valence-electron chi connectivity index (χ2n) is 28.5. The average Bonchev–Trinajstić information content (AvgIpc) is 0.834. The lowest BCUT2D eigenvalue weighted by molar-refractivity contribution is -0.248. The molecule has 27 nitrogen and oxygen atoms in total. The standard InChI is InChI=1S/C71H90ClN13O14S2/c1-44(2)59(81-57(86)18-7-6-10-26-74-58(87)33-72)63(90)78-54(16-12-27-75-65(73)93)62(89)77-48-21-19-46(20-22-48)36-98-67(94)83(30-32-101(95,96)97)29-31-99-71-40-68(4)37-69(5,41-71)39-70(38-68,42-71)43-85-45(3)51(34-76-85)49-23-24-56(80-60(49)64(91)92)84-28-25-47-13-11-14-50(52(47)35-84)61(88)82-66-79-53-15-8-9-17-55(53)100-66/h8-9,11,13-15,17,19-24,34,44,54,59H,6-7,10,12,16,18,25-33,35-43H2,1-5H3,(H,74,87)(H,77,89)(H,78,90)(H,81,86)(H,91,92)(H3,73,75,93)(H,79,82,88)(H,95,96,97)/t54-,59-,68?,69?,70?,71?/m0/s1. The van der Waals surface area contributed by atoms with Crippen LogP contribution >= 0.6 is 22.9 Å². The number of hydrogen-bond acceptors (Lipinski definition) is 17. The number of aromatic nitrogens is 4. The fourth-order valence-corrected chi connectivity index (χ4v) is 17.6. The first-order chi connectivity index (χ1) is 48.0. The number of primary amides is 1. The maximum Gasteiger partial charge on any atom is 0.410 e. The van der Waals surface area contributed by atoms with Crippen molar-refractivity contribution in [1.82, 2.24) is 45.9 Å². The first-order valence-corrected chi connectivity index (χ1v) is 37.1. The first-order valence-electron chi connectivity index (χ1n) is 34.2. The quantitative estimate of drug-likeness (QED) is 0.0105. The summed E-state index contributed by atoms with van der Waals surface area (Å²) in [4.78, 5) is 117. The van der Waals surface area contributed by atoms with Crippen molar-refractivity contribution in [3.05, 3.63) is 119 Å². The Balaban J connectivity index is 0.753. The van der Waals surface area contributed by atoms with Crippen LogP contribution in [0.1, 0.15) is 148 Å². The Morgan fingerprint density at radius 1 is 0.802 bits per heavy atom. The predicted molar refractivity (Wildman–Crippen MR) is 382 cm³/mol. The van der Waals surface area contributed by atoms with E-state index in [1.807, 2.05) is 59.0 Å². The summed E-state index contributed by atoms with van der Waals surface area (Å²) in [6, 6.07) is 20.5. The molecule has 6 aromatic rings. The molecule has 11 rings (SSSR count). The number of ether oxygens (including phenoxy) is 2. The molecule has 4 saturated carbocycles. The van der Waals surface area contributed by atoms with Gasteiger partial charge in [0.1, 0.15) is 30.4 Å². The van der Waals surface area contributed by atoms with Crippen LogP contribution in [0.3, 0.4) is 0 Å². The molecule has 0 spiro atoms. The van der Waals surface area contributed by atoms with Crippen LogP contribution in [0.15, 0.2) is 85.1 Å². The van der Waals surface area contributed by atoms with Gasteiger partial charge in [0, 0.05) is 80.3 Å². The third-order valence-electron chi connectivity index (χ3n) is 19.6. The number of rotatable bonds is 33. The number of urea groups is 1. The van der Waals surface area contributed by atoms with Crippen molar-refractivity contribution >= 4 is 108 Å². The van der Waals surface area contributed by atoms with Gasteiger partial charge in [-0.05, 0) is 159 Å². The summed E-state index contributed by atoms with van der Waals surface area (Å²) in [5.74, 6) is -4.06. The number of carboxylic acid groups (broad SMARTS) is 1.